The van der Waals surface area contributed by atoms with E-state index in [4.69, 9.17) is 0 Å². The van der Waals surface area contributed by atoms with E-state index in [0.29, 0.717) is 0 Å². The van der Waals surface area contributed by atoms with E-state index in [1.54, 1.807) is 4.90 Å². The monoisotopic (exact) mass is 336 g/mol. The Balaban J connectivity index is 1.95. The molecule has 4 nitrogen and oxygen atoms in total. The Morgan fingerprint density at radius 2 is 1.90 bits per heavy atom. The Morgan fingerprint density at radius 3 is 2.60 bits per heavy atom. The second-order valence-corrected chi connectivity index (χ2v) is 6.48. The Bertz CT molecular complexity index is 553. The highest BCUT2D eigenvalue weighted by Gasteiger charge is 2.47. The summed E-state index contributed by atoms with van der Waals surface area (Å²) in [7, 11) is 0. The van der Waals surface area contributed by atoms with Crippen molar-refractivity contribution in [2.45, 2.75) is 37.6 Å². The number of nitrogens with zero attached hydrogens (tertiary/aromatic N) is 1. The van der Waals surface area contributed by atoms with Crippen LogP contribution in [-0.2, 0) is 9.59 Å². The quantitative estimate of drug-likeness (QED) is 0.856. The molecule has 1 heterocycles. The molecule has 0 radical (unpaired) electrons. The molecule has 1 saturated heterocycles. The van der Waals surface area contributed by atoms with Gasteiger partial charge in [-0.3, -0.25) is 9.59 Å². The minimum absolute atomic E-state index is 0.0369. The topological polar surface area (TPSA) is 49.4 Å². The number of piperazine rings is 1. The first kappa shape index (κ1) is 13.6. The minimum atomic E-state index is -0.671. The Morgan fingerprint density at radius 1 is 1.15 bits per heavy atom. The number of anilines is 1. The van der Waals surface area contributed by atoms with Crippen molar-refractivity contribution in [2.24, 2.45) is 0 Å². The third kappa shape index (κ3) is 2.35. The lowest BCUT2D eigenvalue weighted by Crippen LogP contribution is -2.67. The van der Waals surface area contributed by atoms with Crippen molar-refractivity contribution in [3.8, 4) is 0 Å². The summed E-state index contributed by atoms with van der Waals surface area (Å²) in [5.41, 5.74) is 0.111. The first-order valence-electron chi connectivity index (χ1n) is 6.99. The van der Waals surface area contributed by atoms with Crippen LogP contribution in [0.1, 0.15) is 32.1 Å². The molecular formula is C15H17BrN2O2. The molecule has 106 valence electrons. The molecule has 2 amide bonds. The number of rotatable bonds is 1. The molecule has 1 spiro atoms. The van der Waals surface area contributed by atoms with Crippen LogP contribution < -0.4 is 10.2 Å². The summed E-state index contributed by atoms with van der Waals surface area (Å²) in [6, 6.07) is 7.55. The Labute approximate surface area is 126 Å². The molecule has 1 saturated carbocycles. The summed E-state index contributed by atoms with van der Waals surface area (Å²) in [4.78, 5) is 26.5. The predicted octanol–water partition coefficient (Wildman–Crippen LogP) is 2.61. The first-order valence-corrected chi connectivity index (χ1v) is 7.79. The van der Waals surface area contributed by atoms with Gasteiger partial charge in [-0.05, 0) is 31.0 Å². The van der Waals surface area contributed by atoms with Crippen molar-refractivity contribution in [3.05, 3.63) is 28.7 Å². The summed E-state index contributed by atoms with van der Waals surface area (Å²) in [6.45, 7) is 0.108. The summed E-state index contributed by atoms with van der Waals surface area (Å²) >= 11 is 3.41. The lowest BCUT2D eigenvalue weighted by Gasteiger charge is -2.44. The van der Waals surface area contributed by atoms with Crippen LogP contribution in [0.4, 0.5) is 5.69 Å². The molecule has 1 aliphatic heterocycles. The van der Waals surface area contributed by atoms with Crippen LogP contribution in [0.2, 0.25) is 0 Å². The highest BCUT2D eigenvalue weighted by molar-refractivity contribution is 9.10. The van der Waals surface area contributed by atoms with Crippen LogP contribution in [0.3, 0.4) is 0 Å². The molecule has 20 heavy (non-hydrogen) atoms. The maximum absolute atomic E-state index is 12.9. The average molecular weight is 337 g/mol. The lowest BCUT2D eigenvalue weighted by molar-refractivity contribution is -0.137. The van der Waals surface area contributed by atoms with Gasteiger partial charge < -0.3 is 10.2 Å². The normalized spacial score (nSPS) is 21.9. The SMILES string of the molecule is O=C1CN(c2cccc(Br)c2)C(=O)C2(CCCCC2)N1. The maximum atomic E-state index is 12.9. The predicted molar refractivity (Wildman–Crippen MR) is 80.5 cm³/mol. The largest absolute Gasteiger partial charge is 0.340 e. The number of carbonyl (C=O) groups excluding carboxylic acids is 2. The van der Waals surface area contributed by atoms with Crippen LogP contribution in [-0.4, -0.2) is 23.9 Å². The minimum Gasteiger partial charge on any atom is -0.340 e. The highest BCUT2D eigenvalue weighted by Crippen LogP contribution is 2.34. The molecule has 3 rings (SSSR count). The number of carbonyl (C=O) groups is 2. The van der Waals surface area contributed by atoms with Gasteiger partial charge in [0, 0.05) is 10.2 Å². The molecule has 1 N–H and O–H groups in total. The molecule has 0 atom stereocenters. The van der Waals surface area contributed by atoms with Gasteiger partial charge in [-0.25, -0.2) is 0 Å². The van der Waals surface area contributed by atoms with Crippen molar-refractivity contribution in [1.29, 1.82) is 0 Å². The molecule has 1 aliphatic carbocycles. The van der Waals surface area contributed by atoms with E-state index in [-0.39, 0.29) is 18.4 Å². The smallest absolute Gasteiger partial charge is 0.253 e. The fraction of sp³-hybridized carbons (Fsp3) is 0.467. The molecule has 0 aromatic heterocycles. The third-order valence-electron chi connectivity index (χ3n) is 4.16. The molecule has 0 unspecified atom stereocenters. The molecule has 2 aliphatic rings. The number of hydrogen-bond donors (Lipinski definition) is 1. The standard InChI is InChI=1S/C15H17BrN2O2/c16-11-5-4-6-12(9-11)18-10-13(19)17-15(14(18)20)7-2-1-3-8-15/h4-6,9H,1-3,7-8,10H2,(H,17,19). The zero-order valence-corrected chi connectivity index (χ0v) is 12.8. The van der Waals surface area contributed by atoms with Gasteiger partial charge in [-0.15, -0.1) is 0 Å². The summed E-state index contributed by atoms with van der Waals surface area (Å²) in [5, 5.41) is 2.95. The van der Waals surface area contributed by atoms with E-state index >= 15 is 0 Å². The molecule has 2 fully saturated rings. The lowest BCUT2D eigenvalue weighted by atomic mass is 9.79. The molecule has 0 bridgehead atoms. The van der Waals surface area contributed by atoms with Crippen molar-refractivity contribution >= 4 is 33.4 Å². The third-order valence-corrected chi connectivity index (χ3v) is 4.66. The number of hydrogen-bond acceptors (Lipinski definition) is 2. The second kappa shape index (κ2) is 5.20. The zero-order chi connectivity index (χ0) is 14.2. The number of benzene rings is 1. The van der Waals surface area contributed by atoms with E-state index < -0.39 is 5.54 Å². The summed E-state index contributed by atoms with van der Waals surface area (Å²) in [5.74, 6) is -0.0265. The highest BCUT2D eigenvalue weighted by atomic mass is 79.9. The number of halogens is 1. The van der Waals surface area contributed by atoms with Gasteiger partial charge >= 0.3 is 0 Å². The maximum Gasteiger partial charge on any atom is 0.253 e. The van der Waals surface area contributed by atoms with E-state index in [9.17, 15) is 9.59 Å². The molecule has 1 aromatic rings. The van der Waals surface area contributed by atoms with E-state index in [1.807, 2.05) is 24.3 Å². The summed E-state index contributed by atoms with van der Waals surface area (Å²) in [6.07, 6.45) is 4.64. The average Bonchev–Trinajstić information content (AvgIpc) is 2.44. The van der Waals surface area contributed by atoms with Crippen molar-refractivity contribution < 1.29 is 9.59 Å². The fourth-order valence-corrected chi connectivity index (χ4v) is 3.57. The van der Waals surface area contributed by atoms with E-state index in [0.717, 1.165) is 42.3 Å². The van der Waals surface area contributed by atoms with Crippen LogP contribution in [0.5, 0.6) is 0 Å². The van der Waals surface area contributed by atoms with Gasteiger partial charge in [-0.1, -0.05) is 41.3 Å². The van der Waals surface area contributed by atoms with Crippen LogP contribution in [0.25, 0.3) is 0 Å². The molecule has 5 heteroatoms. The summed E-state index contributed by atoms with van der Waals surface area (Å²) < 4.78 is 0.909. The molecule has 1 aromatic carbocycles. The van der Waals surface area contributed by atoms with E-state index in [2.05, 4.69) is 21.2 Å². The Hall–Kier alpha value is -1.36. The number of nitrogens with one attached hydrogen (secondary N) is 1. The van der Waals surface area contributed by atoms with Crippen LogP contribution in [0, 0.1) is 0 Å². The van der Waals surface area contributed by atoms with Crippen LogP contribution >= 0.6 is 15.9 Å². The zero-order valence-electron chi connectivity index (χ0n) is 11.2. The van der Waals surface area contributed by atoms with Gasteiger partial charge in [0.1, 0.15) is 12.1 Å². The van der Waals surface area contributed by atoms with Gasteiger partial charge in [0.15, 0.2) is 0 Å². The van der Waals surface area contributed by atoms with E-state index in [1.165, 1.54) is 0 Å². The van der Waals surface area contributed by atoms with Gasteiger partial charge in [0.2, 0.25) is 5.91 Å². The fourth-order valence-electron chi connectivity index (χ4n) is 3.18. The number of amides is 2. The second-order valence-electron chi connectivity index (χ2n) is 5.56. The van der Waals surface area contributed by atoms with Gasteiger partial charge in [0.25, 0.3) is 5.91 Å². The van der Waals surface area contributed by atoms with Gasteiger partial charge in [-0.2, -0.15) is 0 Å². The van der Waals surface area contributed by atoms with Crippen molar-refractivity contribution in [3.63, 3.8) is 0 Å². The van der Waals surface area contributed by atoms with Crippen molar-refractivity contribution in [2.75, 3.05) is 11.4 Å². The Kier molecular flexibility index (Phi) is 3.54. The first-order chi connectivity index (χ1) is 9.61. The van der Waals surface area contributed by atoms with Gasteiger partial charge in [0.05, 0.1) is 0 Å². The molecular weight excluding hydrogens is 320 g/mol. The van der Waals surface area contributed by atoms with Crippen molar-refractivity contribution in [1.82, 2.24) is 5.32 Å². The van der Waals surface area contributed by atoms with Crippen LogP contribution in [0.15, 0.2) is 28.7 Å².